The lowest BCUT2D eigenvalue weighted by Crippen LogP contribution is -2.40. The first kappa shape index (κ1) is 17.5. The van der Waals surface area contributed by atoms with Crippen molar-refractivity contribution < 1.29 is 18.0 Å². The molecule has 3 rings (SSSR count). The lowest BCUT2D eigenvalue weighted by Gasteiger charge is -2.25. The smallest absolute Gasteiger partial charge is 0.329 e. The molecule has 1 fully saturated rings. The monoisotopic (exact) mass is 352 g/mol. The van der Waals surface area contributed by atoms with Gasteiger partial charge in [0.05, 0.1) is 17.3 Å². The molecule has 1 aromatic heterocycles. The van der Waals surface area contributed by atoms with Gasteiger partial charge in [-0.1, -0.05) is 12.8 Å². The summed E-state index contributed by atoms with van der Waals surface area (Å²) in [5.41, 5.74) is 5.19. The number of carbonyl (C=O) groups excluding carboxylic acids is 1. The minimum atomic E-state index is -4.49. The molecule has 0 aliphatic heterocycles. The van der Waals surface area contributed by atoms with Gasteiger partial charge in [0.25, 0.3) is 0 Å². The number of hydrogen-bond donors (Lipinski definition) is 2. The van der Waals surface area contributed by atoms with Gasteiger partial charge in [0.1, 0.15) is 5.69 Å². The summed E-state index contributed by atoms with van der Waals surface area (Å²) in [7, 11) is 0. The van der Waals surface area contributed by atoms with Gasteiger partial charge in [-0.2, -0.15) is 18.3 Å². The first-order valence-corrected chi connectivity index (χ1v) is 8.09. The molecule has 5 nitrogen and oxygen atoms in total. The maximum Gasteiger partial charge on any atom is 0.433 e. The molecule has 0 spiro atoms. The van der Waals surface area contributed by atoms with Crippen LogP contribution in [0.3, 0.4) is 0 Å². The second-order valence-corrected chi connectivity index (χ2v) is 6.32. The van der Waals surface area contributed by atoms with Crippen LogP contribution in [0.25, 0.3) is 5.69 Å². The summed E-state index contributed by atoms with van der Waals surface area (Å²) in [5, 5.41) is 6.55. The fourth-order valence-corrected chi connectivity index (χ4v) is 3.25. The molecule has 1 aliphatic carbocycles. The van der Waals surface area contributed by atoms with Gasteiger partial charge in [0, 0.05) is 12.2 Å². The van der Waals surface area contributed by atoms with E-state index in [2.05, 4.69) is 10.4 Å². The molecule has 134 valence electrons. The highest BCUT2D eigenvalue weighted by Crippen LogP contribution is 2.38. The van der Waals surface area contributed by atoms with E-state index in [0.29, 0.717) is 12.2 Å². The van der Waals surface area contributed by atoms with E-state index in [1.54, 1.807) is 12.1 Å². The number of hydrogen-bond acceptors (Lipinski definition) is 3. The molecule has 25 heavy (non-hydrogen) atoms. The van der Waals surface area contributed by atoms with E-state index in [9.17, 15) is 18.0 Å². The molecule has 0 bridgehead atoms. The van der Waals surface area contributed by atoms with E-state index in [-0.39, 0.29) is 11.6 Å². The molecular formula is C17H19F3N4O. The fraction of sp³-hybridized carbons (Fsp3) is 0.412. The van der Waals surface area contributed by atoms with Gasteiger partial charge >= 0.3 is 6.18 Å². The van der Waals surface area contributed by atoms with Crippen LogP contribution in [-0.4, -0.2) is 22.2 Å². The van der Waals surface area contributed by atoms with Crippen LogP contribution in [0.2, 0.25) is 0 Å². The molecule has 1 aromatic carbocycles. The molecule has 2 aromatic rings. The SMILES string of the molecule is NCC1(C(=O)Nc2ccc(-n3nccc3C(F)(F)F)cc2)CCCC1. The Morgan fingerprint density at radius 3 is 2.40 bits per heavy atom. The summed E-state index contributed by atoms with van der Waals surface area (Å²) in [6.07, 6.45) is 0.0838. The van der Waals surface area contributed by atoms with Crippen molar-refractivity contribution in [3.8, 4) is 5.69 Å². The van der Waals surface area contributed by atoms with Crippen molar-refractivity contribution in [2.24, 2.45) is 11.1 Å². The predicted molar refractivity (Wildman–Crippen MR) is 87.2 cm³/mol. The van der Waals surface area contributed by atoms with E-state index in [0.717, 1.165) is 42.6 Å². The number of nitrogens with zero attached hydrogens (tertiary/aromatic N) is 2. The highest BCUT2D eigenvalue weighted by Gasteiger charge is 2.39. The van der Waals surface area contributed by atoms with Crippen molar-refractivity contribution in [2.45, 2.75) is 31.9 Å². The number of rotatable bonds is 4. The van der Waals surface area contributed by atoms with Crippen LogP contribution in [0.4, 0.5) is 18.9 Å². The number of aromatic nitrogens is 2. The van der Waals surface area contributed by atoms with Crippen molar-refractivity contribution in [2.75, 3.05) is 11.9 Å². The molecular weight excluding hydrogens is 333 g/mol. The molecule has 0 saturated heterocycles. The number of nitrogens with one attached hydrogen (secondary N) is 1. The van der Waals surface area contributed by atoms with Gasteiger partial charge in [0.2, 0.25) is 5.91 Å². The van der Waals surface area contributed by atoms with Crippen molar-refractivity contribution >= 4 is 11.6 Å². The molecule has 3 N–H and O–H groups in total. The van der Waals surface area contributed by atoms with Crippen LogP contribution in [0.1, 0.15) is 31.4 Å². The lowest BCUT2D eigenvalue weighted by molar-refractivity contribution is -0.142. The third kappa shape index (κ3) is 3.39. The van der Waals surface area contributed by atoms with Gasteiger partial charge in [-0.25, -0.2) is 4.68 Å². The van der Waals surface area contributed by atoms with Crippen molar-refractivity contribution in [1.29, 1.82) is 0 Å². The van der Waals surface area contributed by atoms with Gasteiger partial charge < -0.3 is 11.1 Å². The van der Waals surface area contributed by atoms with Crippen molar-refractivity contribution in [1.82, 2.24) is 9.78 Å². The number of alkyl halides is 3. The Morgan fingerprint density at radius 2 is 1.84 bits per heavy atom. The van der Waals surface area contributed by atoms with Crippen LogP contribution in [0, 0.1) is 5.41 Å². The summed E-state index contributed by atoms with van der Waals surface area (Å²) in [5.74, 6) is -0.129. The first-order chi connectivity index (χ1) is 11.9. The average molecular weight is 352 g/mol. The maximum atomic E-state index is 12.9. The number of benzene rings is 1. The largest absolute Gasteiger partial charge is 0.433 e. The first-order valence-electron chi connectivity index (χ1n) is 8.09. The summed E-state index contributed by atoms with van der Waals surface area (Å²) >= 11 is 0. The second kappa shape index (κ2) is 6.51. The van der Waals surface area contributed by atoms with Crippen LogP contribution < -0.4 is 11.1 Å². The zero-order valence-corrected chi connectivity index (χ0v) is 13.5. The van der Waals surface area contributed by atoms with E-state index in [1.807, 2.05) is 0 Å². The Balaban J connectivity index is 1.77. The Morgan fingerprint density at radius 1 is 1.20 bits per heavy atom. The quantitative estimate of drug-likeness (QED) is 0.886. The Labute approximate surface area is 143 Å². The maximum absolute atomic E-state index is 12.9. The molecule has 0 unspecified atom stereocenters. The Hall–Kier alpha value is -2.35. The number of carbonyl (C=O) groups is 1. The highest BCUT2D eigenvalue weighted by molar-refractivity contribution is 5.95. The molecule has 1 amide bonds. The molecule has 1 aliphatic rings. The number of amides is 1. The molecule has 0 radical (unpaired) electrons. The van der Waals surface area contributed by atoms with Crippen LogP contribution in [-0.2, 0) is 11.0 Å². The summed E-state index contributed by atoms with van der Waals surface area (Å²) in [4.78, 5) is 12.5. The van der Waals surface area contributed by atoms with Gasteiger partial charge in [-0.15, -0.1) is 0 Å². The van der Waals surface area contributed by atoms with Crippen LogP contribution in [0.5, 0.6) is 0 Å². The molecule has 1 heterocycles. The number of nitrogens with two attached hydrogens (primary N) is 1. The van der Waals surface area contributed by atoms with Gasteiger partial charge in [-0.3, -0.25) is 4.79 Å². The minimum Gasteiger partial charge on any atom is -0.329 e. The molecule has 0 atom stereocenters. The fourth-order valence-electron chi connectivity index (χ4n) is 3.25. The van der Waals surface area contributed by atoms with E-state index in [1.165, 1.54) is 12.1 Å². The minimum absolute atomic E-state index is 0.129. The third-order valence-electron chi connectivity index (χ3n) is 4.74. The third-order valence-corrected chi connectivity index (χ3v) is 4.74. The van der Waals surface area contributed by atoms with Crippen molar-refractivity contribution in [3.63, 3.8) is 0 Å². The van der Waals surface area contributed by atoms with E-state index >= 15 is 0 Å². The van der Waals surface area contributed by atoms with Gasteiger partial charge in [-0.05, 0) is 43.2 Å². The van der Waals surface area contributed by atoms with Crippen molar-refractivity contribution in [3.05, 3.63) is 42.2 Å². The Bertz CT molecular complexity index is 746. The lowest BCUT2D eigenvalue weighted by atomic mass is 9.85. The standard InChI is InChI=1S/C17H19F3N4O/c18-17(19,20)14-7-10-22-24(14)13-5-3-12(4-6-13)23-15(25)16(11-21)8-1-2-9-16/h3-7,10H,1-2,8-9,11,21H2,(H,23,25). The average Bonchev–Trinajstić information content (AvgIpc) is 3.25. The van der Waals surface area contributed by atoms with Gasteiger partial charge in [0.15, 0.2) is 0 Å². The zero-order valence-electron chi connectivity index (χ0n) is 13.5. The summed E-state index contributed by atoms with van der Waals surface area (Å²) in [6, 6.07) is 7.02. The normalized spacial score (nSPS) is 16.8. The van der Waals surface area contributed by atoms with Crippen LogP contribution in [0.15, 0.2) is 36.5 Å². The van der Waals surface area contributed by atoms with Crippen LogP contribution >= 0.6 is 0 Å². The van der Waals surface area contributed by atoms with E-state index < -0.39 is 17.3 Å². The second-order valence-electron chi connectivity index (χ2n) is 6.32. The number of anilines is 1. The number of halogens is 3. The summed E-state index contributed by atoms with van der Waals surface area (Å²) < 4.78 is 39.7. The zero-order chi connectivity index (χ0) is 18.1. The van der Waals surface area contributed by atoms with E-state index in [4.69, 9.17) is 5.73 Å². The predicted octanol–water partition coefficient (Wildman–Crippen LogP) is 3.35. The Kier molecular flexibility index (Phi) is 4.55. The summed E-state index contributed by atoms with van der Waals surface area (Å²) in [6.45, 7) is 0.291. The topological polar surface area (TPSA) is 72.9 Å². The molecule has 1 saturated carbocycles. The highest BCUT2D eigenvalue weighted by atomic mass is 19.4. The molecule has 8 heteroatoms.